The Hall–Kier alpha value is -1.09. The Bertz CT molecular complexity index is 423. The molecule has 1 fully saturated rings. The van der Waals surface area contributed by atoms with Gasteiger partial charge in [0.05, 0.1) is 5.69 Å². The minimum Gasteiger partial charge on any atom is -0.369 e. The molecular weight excluding hydrogens is 251 g/mol. The Morgan fingerprint density at radius 2 is 2.05 bits per heavy atom. The Labute approximate surface area is 122 Å². The number of nitrogens with two attached hydrogens (primary N) is 1. The van der Waals surface area contributed by atoms with Crippen LogP contribution in [0, 0.1) is 11.7 Å². The highest BCUT2D eigenvalue weighted by molar-refractivity contribution is 5.55. The summed E-state index contributed by atoms with van der Waals surface area (Å²) in [6.07, 6.45) is 5.65. The molecule has 0 spiro atoms. The molecule has 1 atom stereocenters. The predicted molar refractivity (Wildman–Crippen MR) is 83.6 cm³/mol. The van der Waals surface area contributed by atoms with Crippen molar-refractivity contribution >= 4 is 5.69 Å². The molecule has 0 amide bonds. The van der Waals surface area contributed by atoms with Crippen molar-refractivity contribution in [2.24, 2.45) is 11.7 Å². The van der Waals surface area contributed by atoms with Crippen molar-refractivity contribution in [2.75, 3.05) is 18.0 Å². The van der Waals surface area contributed by atoms with Crippen LogP contribution < -0.4 is 10.6 Å². The molecule has 112 valence electrons. The van der Waals surface area contributed by atoms with Crippen LogP contribution in [0.4, 0.5) is 10.1 Å². The first-order chi connectivity index (χ1) is 9.61. The first kappa shape index (κ1) is 15.3. The second-order valence-electron chi connectivity index (χ2n) is 6.15. The number of rotatable bonds is 5. The largest absolute Gasteiger partial charge is 0.369 e. The molecule has 1 aromatic rings. The minimum absolute atomic E-state index is 0.0631. The Kier molecular flexibility index (Phi) is 5.41. The lowest BCUT2D eigenvalue weighted by atomic mass is 9.91. The molecule has 1 aromatic carbocycles. The third-order valence-corrected chi connectivity index (χ3v) is 4.24. The monoisotopic (exact) mass is 278 g/mol. The molecule has 0 saturated carbocycles. The fourth-order valence-corrected chi connectivity index (χ4v) is 3.28. The molecule has 1 saturated heterocycles. The fourth-order valence-electron chi connectivity index (χ4n) is 3.28. The summed E-state index contributed by atoms with van der Waals surface area (Å²) in [6, 6.07) is 5.44. The predicted octanol–water partition coefficient (Wildman–Crippen LogP) is 3.73. The van der Waals surface area contributed by atoms with Gasteiger partial charge in [0.1, 0.15) is 5.82 Å². The van der Waals surface area contributed by atoms with Crippen molar-refractivity contribution in [2.45, 2.75) is 52.0 Å². The van der Waals surface area contributed by atoms with Gasteiger partial charge < -0.3 is 10.6 Å². The van der Waals surface area contributed by atoms with Crippen molar-refractivity contribution in [3.8, 4) is 0 Å². The van der Waals surface area contributed by atoms with Gasteiger partial charge in [-0.2, -0.15) is 0 Å². The summed E-state index contributed by atoms with van der Waals surface area (Å²) in [6.45, 7) is 6.15. The van der Waals surface area contributed by atoms with Crippen LogP contribution in [0.1, 0.15) is 45.1 Å². The first-order valence-electron chi connectivity index (χ1n) is 7.89. The van der Waals surface area contributed by atoms with Gasteiger partial charge in [-0.3, -0.25) is 0 Å². The standard InChI is InChI=1S/C17H27FN2/c1-3-5-14-8-10-20(11-9-14)17-15(12-13(2)19)6-4-7-16(17)18/h4,6-7,13-14H,3,5,8-12,19H2,1-2H3. The van der Waals surface area contributed by atoms with Gasteiger partial charge in [-0.05, 0) is 43.7 Å². The van der Waals surface area contributed by atoms with Crippen LogP contribution in [-0.2, 0) is 6.42 Å². The number of anilines is 1. The smallest absolute Gasteiger partial charge is 0.146 e. The maximum Gasteiger partial charge on any atom is 0.146 e. The Morgan fingerprint density at radius 3 is 2.65 bits per heavy atom. The first-order valence-corrected chi connectivity index (χ1v) is 7.89. The molecule has 2 N–H and O–H groups in total. The van der Waals surface area contributed by atoms with Gasteiger partial charge in [0.2, 0.25) is 0 Å². The molecule has 0 radical (unpaired) electrons. The van der Waals surface area contributed by atoms with Gasteiger partial charge in [0, 0.05) is 19.1 Å². The highest BCUT2D eigenvalue weighted by Gasteiger charge is 2.23. The number of piperidine rings is 1. The lowest BCUT2D eigenvalue weighted by Crippen LogP contribution is -2.35. The second kappa shape index (κ2) is 7.07. The van der Waals surface area contributed by atoms with E-state index in [9.17, 15) is 4.39 Å². The van der Waals surface area contributed by atoms with E-state index in [1.165, 1.54) is 25.7 Å². The van der Waals surface area contributed by atoms with Crippen LogP contribution in [0.25, 0.3) is 0 Å². The lowest BCUT2D eigenvalue weighted by Gasteiger charge is -2.35. The average molecular weight is 278 g/mol. The van der Waals surface area contributed by atoms with Gasteiger partial charge in [0.25, 0.3) is 0 Å². The molecule has 3 heteroatoms. The van der Waals surface area contributed by atoms with Gasteiger partial charge in [-0.15, -0.1) is 0 Å². The normalized spacial score (nSPS) is 18.3. The SMILES string of the molecule is CCCC1CCN(c2c(F)cccc2CC(C)N)CC1. The summed E-state index contributed by atoms with van der Waals surface area (Å²) in [7, 11) is 0. The zero-order valence-electron chi connectivity index (χ0n) is 12.7. The summed E-state index contributed by atoms with van der Waals surface area (Å²) in [5.41, 5.74) is 7.73. The molecular formula is C17H27FN2. The maximum absolute atomic E-state index is 14.2. The van der Waals surface area contributed by atoms with Crippen molar-refractivity contribution < 1.29 is 4.39 Å². The molecule has 0 aromatic heterocycles. The highest BCUT2D eigenvalue weighted by Crippen LogP contribution is 2.31. The van der Waals surface area contributed by atoms with E-state index in [0.717, 1.165) is 36.7 Å². The van der Waals surface area contributed by atoms with Crippen LogP contribution in [0.5, 0.6) is 0 Å². The van der Waals surface area contributed by atoms with Crippen LogP contribution in [0.2, 0.25) is 0 Å². The molecule has 1 aliphatic rings. The van der Waals surface area contributed by atoms with Gasteiger partial charge in [-0.25, -0.2) is 4.39 Å². The van der Waals surface area contributed by atoms with E-state index >= 15 is 0 Å². The van der Waals surface area contributed by atoms with E-state index in [1.54, 1.807) is 12.1 Å². The van der Waals surface area contributed by atoms with E-state index < -0.39 is 0 Å². The Balaban J connectivity index is 2.12. The summed E-state index contributed by atoms with van der Waals surface area (Å²) in [5.74, 6) is 0.719. The third-order valence-electron chi connectivity index (χ3n) is 4.24. The Morgan fingerprint density at radius 1 is 1.35 bits per heavy atom. The number of nitrogens with zero attached hydrogens (tertiary/aromatic N) is 1. The second-order valence-corrected chi connectivity index (χ2v) is 6.15. The zero-order chi connectivity index (χ0) is 14.5. The van der Waals surface area contributed by atoms with Crippen LogP contribution >= 0.6 is 0 Å². The molecule has 1 heterocycles. The molecule has 0 aliphatic carbocycles. The van der Waals surface area contributed by atoms with Crippen LogP contribution in [0.15, 0.2) is 18.2 Å². The molecule has 1 aliphatic heterocycles. The summed E-state index contributed by atoms with van der Waals surface area (Å²) in [4.78, 5) is 2.22. The summed E-state index contributed by atoms with van der Waals surface area (Å²) in [5, 5.41) is 0. The van der Waals surface area contributed by atoms with E-state index in [2.05, 4.69) is 11.8 Å². The van der Waals surface area contributed by atoms with E-state index in [4.69, 9.17) is 5.73 Å². The van der Waals surface area contributed by atoms with Gasteiger partial charge in [0.15, 0.2) is 0 Å². The van der Waals surface area contributed by atoms with E-state index in [1.807, 2.05) is 13.0 Å². The number of halogens is 1. The molecule has 1 unspecified atom stereocenters. The van der Waals surface area contributed by atoms with Gasteiger partial charge >= 0.3 is 0 Å². The molecule has 0 bridgehead atoms. The van der Waals surface area contributed by atoms with E-state index in [-0.39, 0.29) is 11.9 Å². The minimum atomic E-state index is -0.0999. The quantitative estimate of drug-likeness (QED) is 0.889. The molecule has 2 rings (SSSR count). The van der Waals surface area contributed by atoms with Crippen LogP contribution in [-0.4, -0.2) is 19.1 Å². The summed E-state index contributed by atoms with van der Waals surface area (Å²) >= 11 is 0. The molecule has 2 nitrogen and oxygen atoms in total. The van der Waals surface area contributed by atoms with Crippen molar-refractivity contribution in [1.82, 2.24) is 0 Å². The summed E-state index contributed by atoms with van der Waals surface area (Å²) < 4.78 is 14.2. The fraction of sp³-hybridized carbons (Fsp3) is 0.647. The number of hydrogen-bond donors (Lipinski definition) is 1. The van der Waals surface area contributed by atoms with Crippen LogP contribution in [0.3, 0.4) is 0 Å². The van der Waals surface area contributed by atoms with E-state index in [0.29, 0.717) is 0 Å². The van der Waals surface area contributed by atoms with Crippen molar-refractivity contribution in [3.05, 3.63) is 29.6 Å². The maximum atomic E-state index is 14.2. The van der Waals surface area contributed by atoms with Gasteiger partial charge in [-0.1, -0.05) is 31.9 Å². The number of para-hydroxylation sites is 1. The lowest BCUT2D eigenvalue weighted by molar-refractivity contribution is 0.376. The van der Waals surface area contributed by atoms with Crippen molar-refractivity contribution in [1.29, 1.82) is 0 Å². The van der Waals surface area contributed by atoms with Crippen molar-refractivity contribution in [3.63, 3.8) is 0 Å². The topological polar surface area (TPSA) is 29.3 Å². The highest BCUT2D eigenvalue weighted by atomic mass is 19.1. The number of hydrogen-bond acceptors (Lipinski definition) is 2. The number of benzene rings is 1. The third kappa shape index (κ3) is 3.72. The average Bonchev–Trinajstić information content (AvgIpc) is 2.40. The zero-order valence-corrected chi connectivity index (χ0v) is 12.7. The molecule has 20 heavy (non-hydrogen) atoms.